The van der Waals surface area contributed by atoms with Crippen molar-refractivity contribution in [1.82, 2.24) is 20.4 Å². The van der Waals surface area contributed by atoms with E-state index in [4.69, 9.17) is 4.74 Å². The van der Waals surface area contributed by atoms with Crippen LogP contribution >= 0.6 is 0 Å². The van der Waals surface area contributed by atoms with Crippen molar-refractivity contribution in [3.05, 3.63) is 46.5 Å². The highest BCUT2D eigenvalue weighted by Gasteiger charge is 2.23. The molecule has 0 atom stereocenters. The summed E-state index contributed by atoms with van der Waals surface area (Å²) in [6.45, 7) is 0.678. The van der Waals surface area contributed by atoms with Gasteiger partial charge in [-0.3, -0.25) is 30.7 Å². The minimum absolute atomic E-state index is 0.0187. The highest BCUT2D eigenvalue weighted by Crippen LogP contribution is 2.28. The Morgan fingerprint density at radius 2 is 2.17 bits per heavy atom. The first-order valence-corrected chi connectivity index (χ1v) is 6.82. The summed E-state index contributed by atoms with van der Waals surface area (Å²) >= 11 is 0. The number of anilines is 2. The van der Waals surface area contributed by atoms with E-state index >= 15 is 0 Å². The zero-order valence-electron chi connectivity index (χ0n) is 12.7. The van der Waals surface area contributed by atoms with Gasteiger partial charge in [0.1, 0.15) is 6.33 Å². The summed E-state index contributed by atoms with van der Waals surface area (Å²) in [5, 5.41) is 14.1. The third-order valence-corrected chi connectivity index (χ3v) is 2.82. The van der Waals surface area contributed by atoms with E-state index in [0.717, 1.165) is 6.33 Å². The van der Waals surface area contributed by atoms with E-state index in [1.165, 1.54) is 19.5 Å². The minimum atomic E-state index is -0.645. The lowest BCUT2D eigenvalue weighted by Crippen LogP contribution is -2.30. The van der Waals surface area contributed by atoms with Gasteiger partial charge in [0.2, 0.25) is 11.6 Å². The van der Waals surface area contributed by atoms with Crippen LogP contribution in [0.1, 0.15) is 10.4 Å². The van der Waals surface area contributed by atoms with Crippen LogP contribution in [0.15, 0.2) is 30.9 Å². The third-order valence-electron chi connectivity index (χ3n) is 2.82. The van der Waals surface area contributed by atoms with Crippen LogP contribution in [0.3, 0.4) is 0 Å². The molecular weight excluding hydrogens is 318 g/mol. The van der Waals surface area contributed by atoms with Crippen molar-refractivity contribution in [2.45, 2.75) is 0 Å². The van der Waals surface area contributed by atoms with Gasteiger partial charge in [0.15, 0.2) is 0 Å². The number of nitrogens with zero attached hydrogens (tertiary/aromatic N) is 4. The molecule has 0 saturated carbocycles. The molecule has 0 fully saturated rings. The topological polar surface area (TPSA) is 144 Å². The first kappa shape index (κ1) is 17.0. The van der Waals surface area contributed by atoms with Gasteiger partial charge in [0, 0.05) is 26.0 Å². The number of methoxy groups -OCH3 is 1. The lowest BCUT2D eigenvalue weighted by Gasteiger charge is -2.10. The second kappa shape index (κ2) is 8.33. The van der Waals surface area contributed by atoms with E-state index in [1.54, 1.807) is 12.1 Å². The van der Waals surface area contributed by atoms with Gasteiger partial charge < -0.3 is 10.1 Å². The molecular formula is C13H15N7O4. The summed E-state index contributed by atoms with van der Waals surface area (Å²) in [5.41, 5.74) is 4.66. The molecule has 0 saturated heterocycles. The maximum Gasteiger partial charge on any atom is 0.354 e. The number of carbonyl (C=O) groups excluding carboxylic acids is 1. The van der Waals surface area contributed by atoms with E-state index in [0.29, 0.717) is 18.7 Å². The van der Waals surface area contributed by atoms with E-state index in [-0.39, 0.29) is 17.3 Å². The second-order valence-corrected chi connectivity index (χ2v) is 4.42. The predicted molar refractivity (Wildman–Crippen MR) is 84.4 cm³/mol. The number of carbonyl (C=O) groups is 1. The monoisotopic (exact) mass is 333 g/mol. The Morgan fingerprint density at radius 1 is 1.38 bits per heavy atom. The van der Waals surface area contributed by atoms with Crippen molar-refractivity contribution in [2.75, 3.05) is 31.0 Å². The average molecular weight is 333 g/mol. The number of nitrogens with one attached hydrogen (secondary N) is 3. The van der Waals surface area contributed by atoms with E-state index in [1.807, 2.05) is 0 Å². The van der Waals surface area contributed by atoms with Crippen LogP contribution < -0.4 is 16.2 Å². The Hall–Kier alpha value is -3.34. The highest BCUT2D eigenvalue weighted by atomic mass is 16.6. The molecule has 2 aromatic rings. The molecule has 0 unspecified atom stereocenters. The fourth-order valence-electron chi connectivity index (χ4n) is 1.73. The molecule has 11 nitrogen and oxygen atoms in total. The number of nitro groups is 1. The number of aromatic nitrogens is 3. The fourth-order valence-corrected chi connectivity index (χ4v) is 1.73. The molecule has 0 aromatic carbocycles. The minimum Gasteiger partial charge on any atom is -0.383 e. The van der Waals surface area contributed by atoms with Crippen molar-refractivity contribution in [3.63, 3.8) is 0 Å². The summed E-state index contributed by atoms with van der Waals surface area (Å²) in [6.07, 6.45) is 4.03. The van der Waals surface area contributed by atoms with Crippen LogP contribution in [0, 0.1) is 10.1 Å². The maximum absolute atomic E-state index is 11.9. The summed E-state index contributed by atoms with van der Waals surface area (Å²) in [6, 6.07) is 3.15. The van der Waals surface area contributed by atoms with Gasteiger partial charge in [0.25, 0.3) is 5.91 Å². The van der Waals surface area contributed by atoms with E-state index in [9.17, 15) is 14.9 Å². The molecule has 126 valence electrons. The first-order valence-electron chi connectivity index (χ1n) is 6.82. The van der Waals surface area contributed by atoms with Gasteiger partial charge in [0.05, 0.1) is 17.1 Å². The molecule has 0 radical (unpaired) electrons. The van der Waals surface area contributed by atoms with Gasteiger partial charge in [-0.15, -0.1) is 0 Å². The highest BCUT2D eigenvalue weighted by molar-refractivity contribution is 5.94. The molecule has 11 heteroatoms. The Kier molecular flexibility index (Phi) is 5.91. The summed E-state index contributed by atoms with van der Waals surface area (Å²) in [7, 11) is 1.51. The zero-order chi connectivity index (χ0) is 17.4. The van der Waals surface area contributed by atoms with Gasteiger partial charge in [-0.2, -0.15) is 0 Å². The number of hydrazine groups is 1. The number of hydrogen-bond donors (Lipinski definition) is 3. The third kappa shape index (κ3) is 4.33. The molecule has 0 aliphatic carbocycles. The SMILES string of the molecule is COCCNc1ncnc(NNC(=O)c2cccnc2)c1[N+](=O)[O-]. The molecule has 2 rings (SSSR count). The van der Waals surface area contributed by atoms with Crippen LogP contribution in [-0.4, -0.2) is 46.0 Å². The zero-order valence-corrected chi connectivity index (χ0v) is 12.7. The van der Waals surface area contributed by atoms with Gasteiger partial charge >= 0.3 is 5.69 Å². The van der Waals surface area contributed by atoms with Crippen molar-refractivity contribution >= 4 is 23.2 Å². The number of rotatable bonds is 8. The van der Waals surface area contributed by atoms with Gasteiger partial charge in [-0.1, -0.05) is 0 Å². The average Bonchev–Trinajstić information content (AvgIpc) is 2.60. The number of pyridine rings is 1. The molecule has 1 amide bonds. The smallest absolute Gasteiger partial charge is 0.354 e. The molecule has 0 aliphatic heterocycles. The second-order valence-electron chi connectivity index (χ2n) is 4.42. The standard InChI is InChI=1S/C13H15N7O4/c1-24-6-5-15-11-10(20(22)23)12(17-8-16-11)18-19-13(21)9-3-2-4-14-7-9/h2-4,7-8H,5-6H2,1H3,(H,19,21)(H2,15,16,17,18). The Morgan fingerprint density at radius 3 is 2.83 bits per heavy atom. The van der Waals surface area contributed by atoms with Crippen molar-refractivity contribution in [3.8, 4) is 0 Å². The first-order chi connectivity index (χ1) is 11.6. The number of ether oxygens (including phenoxy) is 1. The molecule has 2 heterocycles. The molecule has 0 spiro atoms. The van der Waals surface area contributed by atoms with E-state index in [2.05, 4.69) is 31.1 Å². The van der Waals surface area contributed by atoms with Crippen LogP contribution in [0.25, 0.3) is 0 Å². The largest absolute Gasteiger partial charge is 0.383 e. The molecule has 24 heavy (non-hydrogen) atoms. The van der Waals surface area contributed by atoms with E-state index < -0.39 is 10.8 Å². The van der Waals surface area contributed by atoms with Crippen molar-refractivity contribution < 1.29 is 14.5 Å². The molecule has 0 aliphatic rings. The molecule has 3 N–H and O–H groups in total. The van der Waals surface area contributed by atoms with Crippen LogP contribution in [-0.2, 0) is 4.74 Å². The van der Waals surface area contributed by atoms with Gasteiger partial charge in [-0.05, 0) is 12.1 Å². The lowest BCUT2D eigenvalue weighted by molar-refractivity contribution is -0.383. The van der Waals surface area contributed by atoms with Crippen LogP contribution in [0.2, 0.25) is 0 Å². The summed E-state index contributed by atoms with van der Waals surface area (Å²) < 4.78 is 4.87. The Bertz CT molecular complexity index is 711. The molecule has 0 bridgehead atoms. The normalized spacial score (nSPS) is 10.0. The van der Waals surface area contributed by atoms with Gasteiger partial charge in [-0.25, -0.2) is 9.97 Å². The van der Waals surface area contributed by atoms with Crippen molar-refractivity contribution in [1.29, 1.82) is 0 Å². The van der Waals surface area contributed by atoms with Crippen LogP contribution in [0.4, 0.5) is 17.3 Å². The number of hydrogen-bond acceptors (Lipinski definition) is 9. The van der Waals surface area contributed by atoms with Crippen molar-refractivity contribution in [2.24, 2.45) is 0 Å². The summed E-state index contributed by atoms with van der Waals surface area (Å²) in [4.78, 5) is 34.0. The predicted octanol–water partition coefficient (Wildman–Crippen LogP) is 0.595. The summed E-state index contributed by atoms with van der Waals surface area (Å²) in [5.74, 6) is -0.637. The molecule has 2 aromatic heterocycles. The Balaban J connectivity index is 2.13. The van der Waals surface area contributed by atoms with Crippen LogP contribution in [0.5, 0.6) is 0 Å². The fraction of sp³-hybridized carbons (Fsp3) is 0.231. The number of amides is 1. The lowest BCUT2D eigenvalue weighted by atomic mass is 10.3. The maximum atomic E-state index is 11.9. The quantitative estimate of drug-likeness (QED) is 0.359. The Labute approximate surface area is 136 Å².